The molecule has 0 aromatic carbocycles. The SMILES string of the molecule is CNC(CCO)CS(=O)(=O)CCCOC. The largest absolute Gasteiger partial charge is 0.396 e. The van der Waals surface area contributed by atoms with E-state index in [0.29, 0.717) is 19.4 Å². The average molecular weight is 239 g/mol. The van der Waals surface area contributed by atoms with Gasteiger partial charge in [-0.05, 0) is 19.9 Å². The van der Waals surface area contributed by atoms with Crippen molar-refractivity contribution in [2.45, 2.75) is 18.9 Å². The zero-order valence-corrected chi connectivity index (χ0v) is 10.2. The summed E-state index contributed by atoms with van der Waals surface area (Å²) < 4.78 is 27.9. The zero-order valence-electron chi connectivity index (χ0n) is 9.40. The van der Waals surface area contributed by atoms with Crippen LogP contribution in [0, 0.1) is 0 Å². The van der Waals surface area contributed by atoms with E-state index in [4.69, 9.17) is 9.84 Å². The van der Waals surface area contributed by atoms with E-state index in [0.717, 1.165) is 0 Å². The number of aliphatic hydroxyl groups is 1. The number of sulfone groups is 1. The van der Waals surface area contributed by atoms with E-state index in [2.05, 4.69) is 5.32 Å². The molecule has 0 amide bonds. The third-order valence-corrected chi connectivity index (χ3v) is 3.97. The van der Waals surface area contributed by atoms with Crippen LogP contribution in [0.3, 0.4) is 0 Å². The summed E-state index contributed by atoms with van der Waals surface area (Å²) in [5.41, 5.74) is 0. The van der Waals surface area contributed by atoms with E-state index in [-0.39, 0.29) is 24.2 Å². The second-order valence-electron chi connectivity index (χ2n) is 3.46. The highest BCUT2D eigenvalue weighted by Crippen LogP contribution is 2.01. The number of rotatable bonds is 9. The van der Waals surface area contributed by atoms with Crippen LogP contribution in [-0.2, 0) is 14.6 Å². The van der Waals surface area contributed by atoms with Crippen molar-refractivity contribution < 1.29 is 18.3 Å². The van der Waals surface area contributed by atoms with Crippen LogP contribution in [0.15, 0.2) is 0 Å². The molecule has 1 atom stereocenters. The van der Waals surface area contributed by atoms with Crippen LogP contribution in [0.2, 0.25) is 0 Å². The van der Waals surface area contributed by atoms with Gasteiger partial charge in [0.05, 0.1) is 11.5 Å². The third-order valence-electron chi connectivity index (χ3n) is 2.14. The van der Waals surface area contributed by atoms with Gasteiger partial charge < -0.3 is 15.2 Å². The zero-order chi connectivity index (χ0) is 11.7. The Morgan fingerprint density at radius 1 is 1.47 bits per heavy atom. The Hall–Kier alpha value is -0.170. The maximum absolute atomic E-state index is 11.6. The van der Waals surface area contributed by atoms with Gasteiger partial charge in [0.25, 0.3) is 0 Å². The van der Waals surface area contributed by atoms with E-state index in [1.165, 1.54) is 0 Å². The van der Waals surface area contributed by atoms with Crippen molar-refractivity contribution in [2.75, 3.05) is 38.9 Å². The lowest BCUT2D eigenvalue weighted by atomic mass is 10.2. The summed E-state index contributed by atoms with van der Waals surface area (Å²) in [6.07, 6.45) is 0.981. The van der Waals surface area contributed by atoms with E-state index in [9.17, 15) is 8.42 Å². The van der Waals surface area contributed by atoms with Crippen LogP contribution in [0.1, 0.15) is 12.8 Å². The van der Waals surface area contributed by atoms with Gasteiger partial charge in [0.1, 0.15) is 0 Å². The number of hydrogen-bond donors (Lipinski definition) is 2. The summed E-state index contributed by atoms with van der Waals surface area (Å²) in [4.78, 5) is 0. The highest BCUT2D eigenvalue weighted by molar-refractivity contribution is 7.91. The Morgan fingerprint density at radius 2 is 2.13 bits per heavy atom. The van der Waals surface area contributed by atoms with Crippen LogP contribution in [0.25, 0.3) is 0 Å². The molecule has 0 rings (SSSR count). The van der Waals surface area contributed by atoms with Crippen LogP contribution in [0.4, 0.5) is 0 Å². The van der Waals surface area contributed by atoms with Crippen molar-refractivity contribution in [2.24, 2.45) is 0 Å². The van der Waals surface area contributed by atoms with Crippen molar-refractivity contribution in [1.82, 2.24) is 5.32 Å². The third kappa shape index (κ3) is 7.72. The minimum Gasteiger partial charge on any atom is -0.396 e. The van der Waals surface area contributed by atoms with Gasteiger partial charge in [-0.2, -0.15) is 0 Å². The summed E-state index contributed by atoms with van der Waals surface area (Å²) in [7, 11) is 0.209. The van der Waals surface area contributed by atoms with Crippen molar-refractivity contribution in [1.29, 1.82) is 0 Å². The van der Waals surface area contributed by atoms with E-state index >= 15 is 0 Å². The van der Waals surface area contributed by atoms with Gasteiger partial charge in [-0.25, -0.2) is 8.42 Å². The Bertz CT molecular complexity index is 240. The number of ether oxygens (including phenoxy) is 1. The molecule has 0 aliphatic rings. The predicted molar refractivity (Wildman–Crippen MR) is 59.7 cm³/mol. The van der Waals surface area contributed by atoms with E-state index < -0.39 is 9.84 Å². The first-order chi connectivity index (χ1) is 7.05. The minimum absolute atomic E-state index is 0.000895. The molecule has 0 aromatic rings. The highest BCUT2D eigenvalue weighted by atomic mass is 32.2. The van der Waals surface area contributed by atoms with Crippen LogP contribution in [-0.4, -0.2) is 58.4 Å². The normalized spacial score (nSPS) is 14.1. The fourth-order valence-electron chi connectivity index (χ4n) is 1.28. The lowest BCUT2D eigenvalue weighted by molar-refractivity contribution is 0.199. The molecule has 0 aromatic heterocycles. The van der Waals surface area contributed by atoms with Gasteiger partial charge in [0.15, 0.2) is 9.84 Å². The van der Waals surface area contributed by atoms with Crippen molar-refractivity contribution in [3.63, 3.8) is 0 Å². The molecule has 0 saturated heterocycles. The van der Waals surface area contributed by atoms with Crippen molar-refractivity contribution in [3.05, 3.63) is 0 Å². The summed E-state index contributed by atoms with van der Waals surface area (Å²) in [5.74, 6) is 0.220. The van der Waals surface area contributed by atoms with Crippen LogP contribution in [0.5, 0.6) is 0 Å². The predicted octanol–water partition coefficient (Wildman–Crippen LogP) is -0.592. The minimum atomic E-state index is -3.04. The summed E-state index contributed by atoms with van der Waals surface area (Å²) in [6.45, 7) is 0.461. The molecule has 0 fully saturated rings. The Kier molecular flexibility index (Phi) is 7.95. The summed E-state index contributed by atoms with van der Waals surface area (Å²) >= 11 is 0. The Labute approximate surface area is 91.7 Å². The van der Waals surface area contributed by atoms with Gasteiger partial charge >= 0.3 is 0 Å². The number of hydrogen-bond acceptors (Lipinski definition) is 5. The number of nitrogens with one attached hydrogen (secondary N) is 1. The standard InChI is InChI=1S/C9H21NO4S/c1-10-9(4-5-11)8-15(12,13)7-3-6-14-2/h9-11H,3-8H2,1-2H3. The topological polar surface area (TPSA) is 75.6 Å². The molecular formula is C9H21NO4S. The molecule has 2 N–H and O–H groups in total. The molecule has 6 heteroatoms. The van der Waals surface area contributed by atoms with Gasteiger partial charge in [-0.15, -0.1) is 0 Å². The molecule has 0 heterocycles. The molecule has 0 saturated carbocycles. The quantitative estimate of drug-likeness (QED) is 0.526. The summed E-state index contributed by atoms with van der Waals surface area (Å²) in [5, 5.41) is 11.6. The Balaban J connectivity index is 3.99. The molecular weight excluding hydrogens is 218 g/mol. The second-order valence-corrected chi connectivity index (χ2v) is 5.69. The van der Waals surface area contributed by atoms with Crippen molar-refractivity contribution in [3.8, 4) is 0 Å². The monoisotopic (exact) mass is 239 g/mol. The second kappa shape index (κ2) is 8.04. The molecule has 1 unspecified atom stereocenters. The van der Waals surface area contributed by atoms with Gasteiger partial charge in [-0.1, -0.05) is 0 Å². The lowest BCUT2D eigenvalue weighted by Gasteiger charge is -2.14. The lowest BCUT2D eigenvalue weighted by Crippen LogP contribution is -2.34. The van der Waals surface area contributed by atoms with Gasteiger partial charge in [-0.3, -0.25) is 0 Å². The molecule has 5 nitrogen and oxygen atoms in total. The van der Waals surface area contributed by atoms with Crippen LogP contribution >= 0.6 is 0 Å². The highest BCUT2D eigenvalue weighted by Gasteiger charge is 2.17. The van der Waals surface area contributed by atoms with Crippen molar-refractivity contribution >= 4 is 9.84 Å². The molecule has 15 heavy (non-hydrogen) atoms. The van der Waals surface area contributed by atoms with Gasteiger partial charge in [0, 0.05) is 26.4 Å². The first kappa shape index (κ1) is 14.8. The molecule has 0 aliphatic carbocycles. The van der Waals surface area contributed by atoms with Gasteiger partial charge in [0.2, 0.25) is 0 Å². The number of methoxy groups -OCH3 is 1. The molecule has 0 spiro atoms. The average Bonchev–Trinajstić information content (AvgIpc) is 2.17. The van der Waals surface area contributed by atoms with Crippen LogP contribution < -0.4 is 5.32 Å². The maximum atomic E-state index is 11.6. The number of aliphatic hydroxyl groups excluding tert-OH is 1. The summed E-state index contributed by atoms with van der Waals surface area (Å²) in [6, 6.07) is -0.164. The molecule has 0 radical (unpaired) electrons. The molecule has 0 bridgehead atoms. The fraction of sp³-hybridized carbons (Fsp3) is 1.00. The van der Waals surface area contributed by atoms with E-state index in [1.54, 1.807) is 14.2 Å². The first-order valence-electron chi connectivity index (χ1n) is 5.03. The maximum Gasteiger partial charge on any atom is 0.151 e. The van der Waals surface area contributed by atoms with E-state index in [1.807, 2.05) is 0 Å². The Morgan fingerprint density at radius 3 is 2.60 bits per heavy atom. The fourth-order valence-corrected chi connectivity index (χ4v) is 2.95. The first-order valence-corrected chi connectivity index (χ1v) is 6.85. The smallest absolute Gasteiger partial charge is 0.151 e. The molecule has 92 valence electrons. The molecule has 0 aliphatic heterocycles.